The van der Waals surface area contributed by atoms with Crippen molar-refractivity contribution < 1.29 is 4.74 Å². The summed E-state index contributed by atoms with van der Waals surface area (Å²) in [6.07, 6.45) is 3.91. The Morgan fingerprint density at radius 1 is 1.26 bits per heavy atom. The predicted octanol–water partition coefficient (Wildman–Crippen LogP) is 3.23. The lowest BCUT2D eigenvalue weighted by Crippen LogP contribution is -2.18. The number of nitrogens with zero attached hydrogens (tertiary/aromatic N) is 1. The Balaban J connectivity index is 1.88. The van der Waals surface area contributed by atoms with E-state index in [1.165, 1.54) is 11.3 Å². The Morgan fingerprint density at radius 3 is 3.05 bits per heavy atom. The van der Waals surface area contributed by atoms with Crippen LogP contribution < -0.4 is 10.1 Å². The first kappa shape index (κ1) is 12.0. The van der Waals surface area contributed by atoms with Crippen LogP contribution >= 0.6 is 0 Å². The molecule has 19 heavy (non-hydrogen) atoms. The van der Waals surface area contributed by atoms with Gasteiger partial charge >= 0.3 is 0 Å². The van der Waals surface area contributed by atoms with Gasteiger partial charge in [-0.25, -0.2) is 0 Å². The molecule has 98 valence electrons. The van der Waals surface area contributed by atoms with E-state index in [1.54, 1.807) is 7.11 Å². The van der Waals surface area contributed by atoms with Gasteiger partial charge in [0.2, 0.25) is 0 Å². The molecule has 1 aliphatic rings. The van der Waals surface area contributed by atoms with E-state index in [-0.39, 0.29) is 0 Å². The molecule has 0 fully saturated rings. The maximum absolute atomic E-state index is 5.40. The van der Waals surface area contributed by atoms with Gasteiger partial charge in [-0.15, -0.1) is 0 Å². The molecule has 1 N–H and O–H groups in total. The molecule has 0 radical (unpaired) electrons. The van der Waals surface area contributed by atoms with Crippen LogP contribution in [0.4, 0.5) is 5.69 Å². The Bertz CT molecular complexity index is 568. The van der Waals surface area contributed by atoms with E-state index in [0.29, 0.717) is 5.92 Å². The minimum absolute atomic E-state index is 0.515. The number of benzene rings is 1. The van der Waals surface area contributed by atoms with E-state index in [2.05, 4.69) is 34.6 Å². The molecule has 2 aromatic rings. The summed E-state index contributed by atoms with van der Waals surface area (Å²) < 4.78 is 5.40. The molecule has 1 aromatic carbocycles. The number of pyridine rings is 1. The molecular formula is C16H18N2O. The lowest BCUT2D eigenvalue weighted by molar-refractivity contribution is 0.404. The summed E-state index contributed by atoms with van der Waals surface area (Å²) in [4.78, 5) is 4.47. The normalized spacial score (nSPS) is 17.4. The highest BCUT2D eigenvalue weighted by Gasteiger charge is 2.21. The molecule has 1 atom stereocenters. The van der Waals surface area contributed by atoms with Crippen LogP contribution in [0, 0.1) is 0 Å². The van der Waals surface area contributed by atoms with Gasteiger partial charge < -0.3 is 10.1 Å². The standard InChI is InChI=1S/C16H18N2O/c1-19-16-7-4-9-17-15(16)11-12-8-10-18-14-6-3-2-5-13(12)14/h2-7,9,12,18H,8,10-11H2,1H3. The van der Waals surface area contributed by atoms with Crippen molar-refractivity contribution in [3.8, 4) is 5.75 Å². The molecule has 3 rings (SSSR count). The fourth-order valence-corrected chi connectivity index (χ4v) is 2.76. The number of hydrogen-bond acceptors (Lipinski definition) is 3. The molecule has 1 unspecified atom stereocenters. The predicted molar refractivity (Wildman–Crippen MR) is 76.8 cm³/mol. The third kappa shape index (κ3) is 2.41. The Kier molecular flexibility index (Phi) is 3.36. The zero-order chi connectivity index (χ0) is 13.1. The number of para-hydroxylation sites is 1. The van der Waals surface area contributed by atoms with E-state index < -0.39 is 0 Å². The summed E-state index contributed by atoms with van der Waals surface area (Å²) >= 11 is 0. The SMILES string of the molecule is COc1cccnc1CC1CCNc2ccccc21. The fourth-order valence-electron chi connectivity index (χ4n) is 2.76. The van der Waals surface area contributed by atoms with Crippen LogP contribution in [0.3, 0.4) is 0 Å². The van der Waals surface area contributed by atoms with Crippen LogP contribution in [-0.2, 0) is 6.42 Å². The molecule has 2 heterocycles. The highest BCUT2D eigenvalue weighted by atomic mass is 16.5. The molecule has 0 spiro atoms. The molecular weight excluding hydrogens is 236 g/mol. The van der Waals surface area contributed by atoms with E-state index in [4.69, 9.17) is 4.74 Å². The zero-order valence-corrected chi connectivity index (χ0v) is 11.1. The molecule has 0 amide bonds. The molecule has 1 aromatic heterocycles. The van der Waals surface area contributed by atoms with Crippen LogP contribution in [0.2, 0.25) is 0 Å². The van der Waals surface area contributed by atoms with Crippen LogP contribution in [0.25, 0.3) is 0 Å². The number of rotatable bonds is 3. The van der Waals surface area contributed by atoms with Gasteiger partial charge in [-0.2, -0.15) is 0 Å². The molecule has 1 aliphatic heterocycles. The van der Waals surface area contributed by atoms with Crippen molar-refractivity contribution in [3.05, 3.63) is 53.9 Å². The van der Waals surface area contributed by atoms with Crippen molar-refractivity contribution in [2.24, 2.45) is 0 Å². The average Bonchev–Trinajstić information content (AvgIpc) is 2.48. The van der Waals surface area contributed by atoms with Crippen LogP contribution in [0.5, 0.6) is 5.75 Å². The summed E-state index contributed by atoms with van der Waals surface area (Å²) in [5.74, 6) is 1.40. The molecule has 3 nitrogen and oxygen atoms in total. The third-order valence-electron chi connectivity index (χ3n) is 3.72. The monoisotopic (exact) mass is 254 g/mol. The topological polar surface area (TPSA) is 34.1 Å². The van der Waals surface area contributed by atoms with Gasteiger partial charge in [0, 0.05) is 24.8 Å². The smallest absolute Gasteiger partial charge is 0.140 e. The van der Waals surface area contributed by atoms with Gasteiger partial charge in [0.15, 0.2) is 0 Å². The molecule has 0 saturated carbocycles. The molecule has 0 aliphatic carbocycles. The summed E-state index contributed by atoms with van der Waals surface area (Å²) in [5, 5.41) is 3.46. The maximum atomic E-state index is 5.40. The average molecular weight is 254 g/mol. The lowest BCUT2D eigenvalue weighted by atomic mass is 9.87. The highest BCUT2D eigenvalue weighted by molar-refractivity contribution is 5.55. The number of methoxy groups -OCH3 is 1. The number of ether oxygens (including phenoxy) is 1. The second-order valence-corrected chi connectivity index (χ2v) is 4.86. The number of anilines is 1. The van der Waals surface area contributed by atoms with Crippen LogP contribution in [-0.4, -0.2) is 18.6 Å². The molecule has 3 heteroatoms. The van der Waals surface area contributed by atoms with Gasteiger partial charge in [-0.05, 0) is 36.1 Å². The van der Waals surface area contributed by atoms with Crippen molar-refractivity contribution in [3.63, 3.8) is 0 Å². The largest absolute Gasteiger partial charge is 0.495 e. The van der Waals surface area contributed by atoms with Crippen LogP contribution in [0.15, 0.2) is 42.6 Å². The molecule has 0 bridgehead atoms. The van der Waals surface area contributed by atoms with Gasteiger partial charge in [-0.1, -0.05) is 18.2 Å². The van der Waals surface area contributed by atoms with Crippen LogP contribution in [0.1, 0.15) is 23.6 Å². The summed E-state index contributed by atoms with van der Waals surface area (Å²) in [5.41, 5.74) is 3.70. The molecule has 0 saturated heterocycles. The van der Waals surface area contributed by atoms with Crippen molar-refractivity contribution in [2.45, 2.75) is 18.8 Å². The first-order valence-corrected chi connectivity index (χ1v) is 6.69. The second kappa shape index (κ2) is 5.31. The third-order valence-corrected chi connectivity index (χ3v) is 3.72. The summed E-state index contributed by atoms with van der Waals surface area (Å²) in [7, 11) is 1.71. The minimum Gasteiger partial charge on any atom is -0.495 e. The number of nitrogens with one attached hydrogen (secondary N) is 1. The second-order valence-electron chi connectivity index (χ2n) is 4.86. The van der Waals surface area contributed by atoms with Gasteiger partial charge in [0.1, 0.15) is 5.75 Å². The number of aromatic nitrogens is 1. The van der Waals surface area contributed by atoms with Gasteiger partial charge in [0.05, 0.1) is 12.8 Å². The van der Waals surface area contributed by atoms with E-state index >= 15 is 0 Å². The lowest BCUT2D eigenvalue weighted by Gasteiger charge is -2.26. The van der Waals surface area contributed by atoms with Gasteiger partial charge in [-0.3, -0.25) is 4.98 Å². The first-order chi connectivity index (χ1) is 9.38. The maximum Gasteiger partial charge on any atom is 0.140 e. The van der Waals surface area contributed by atoms with Crippen molar-refractivity contribution in [2.75, 3.05) is 19.0 Å². The fraction of sp³-hybridized carbons (Fsp3) is 0.312. The summed E-state index contributed by atoms with van der Waals surface area (Å²) in [6, 6.07) is 12.4. The van der Waals surface area contributed by atoms with Crippen molar-refractivity contribution in [1.82, 2.24) is 4.98 Å². The summed E-state index contributed by atoms with van der Waals surface area (Å²) in [6.45, 7) is 1.02. The Morgan fingerprint density at radius 2 is 2.16 bits per heavy atom. The zero-order valence-electron chi connectivity index (χ0n) is 11.1. The Labute approximate surface area is 113 Å². The first-order valence-electron chi connectivity index (χ1n) is 6.69. The minimum atomic E-state index is 0.515. The number of hydrogen-bond donors (Lipinski definition) is 1. The highest BCUT2D eigenvalue weighted by Crippen LogP contribution is 2.34. The van der Waals surface area contributed by atoms with E-state index in [0.717, 1.165) is 30.8 Å². The van der Waals surface area contributed by atoms with Gasteiger partial charge in [0.25, 0.3) is 0 Å². The van der Waals surface area contributed by atoms with E-state index in [9.17, 15) is 0 Å². The number of fused-ring (bicyclic) bond motifs is 1. The quantitative estimate of drug-likeness (QED) is 0.913. The van der Waals surface area contributed by atoms with Crippen molar-refractivity contribution >= 4 is 5.69 Å². The van der Waals surface area contributed by atoms with E-state index in [1.807, 2.05) is 18.3 Å². The van der Waals surface area contributed by atoms with Crippen molar-refractivity contribution in [1.29, 1.82) is 0 Å². The Hall–Kier alpha value is -2.03.